The van der Waals surface area contributed by atoms with Gasteiger partial charge in [-0.25, -0.2) is 0 Å². The standard InChI is InChI=1S/C4H8F3O2Si/c1-10(9)3(8)2-4(5,6)7/h3,8,10H,2H2,1H3. The molecular weight excluding hydrogens is 165 g/mol. The molecule has 0 saturated heterocycles. The van der Waals surface area contributed by atoms with E-state index < -0.39 is 27.4 Å². The van der Waals surface area contributed by atoms with Crippen LogP contribution in [0, 0.1) is 0 Å². The van der Waals surface area contributed by atoms with Crippen molar-refractivity contribution in [2.24, 2.45) is 0 Å². The van der Waals surface area contributed by atoms with E-state index in [0.717, 1.165) is 6.55 Å². The maximum atomic E-state index is 11.4. The number of hydrogen-bond donors (Lipinski definition) is 1. The van der Waals surface area contributed by atoms with Crippen molar-refractivity contribution in [3.05, 3.63) is 0 Å². The molecule has 0 fully saturated rings. The monoisotopic (exact) mass is 173 g/mol. The molecule has 0 aliphatic rings. The largest absolute Gasteiger partial charge is 0.393 e. The van der Waals surface area contributed by atoms with Crippen LogP contribution in [0.15, 0.2) is 0 Å². The van der Waals surface area contributed by atoms with Crippen LogP contribution in [-0.2, 0) is 4.80 Å². The summed E-state index contributed by atoms with van der Waals surface area (Å²) in [4.78, 5) is 10.3. The number of rotatable bonds is 2. The van der Waals surface area contributed by atoms with Gasteiger partial charge in [0.2, 0.25) is 9.04 Å². The van der Waals surface area contributed by atoms with Crippen LogP contribution in [0.2, 0.25) is 6.55 Å². The summed E-state index contributed by atoms with van der Waals surface area (Å²) in [6.45, 7) is 1.14. The third-order valence-corrected chi connectivity index (χ3v) is 2.30. The van der Waals surface area contributed by atoms with Crippen LogP contribution >= 0.6 is 0 Å². The first kappa shape index (κ1) is 9.93. The molecular formula is C4H8F3O2Si. The van der Waals surface area contributed by atoms with Crippen LogP contribution in [0.1, 0.15) is 6.42 Å². The fraction of sp³-hybridized carbons (Fsp3) is 1.00. The minimum absolute atomic E-state index is 1.14. The average Bonchev–Trinajstić information content (AvgIpc) is 1.60. The molecule has 0 aromatic carbocycles. The summed E-state index contributed by atoms with van der Waals surface area (Å²) in [6, 6.07) is 0. The van der Waals surface area contributed by atoms with Gasteiger partial charge in [0.05, 0.1) is 12.1 Å². The van der Waals surface area contributed by atoms with Crippen molar-refractivity contribution in [1.29, 1.82) is 0 Å². The van der Waals surface area contributed by atoms with E-state index in [1.54, 1.807) is 0 Å². The Morgan fingerprint density at radius 2 is 2.00 bits per heavy atom. The van der Waals surface area contributed by atoms with Gasteiger partial charge in [-0.3, -0.25) is 4.80 Å². The zero-order valence-corrected chi connectivity index (χ0v) is 6.51. The Balaban J connectivity index is 3.68. The Hall–Kier alpha value is -0.0731. The van der Waals surface area contributed by atoms with Crippen molar-refractivity contribution in [3.63, 3.8) is 0 Å². The topological polar surface area (TPSA) is 40.1 Å². The molecule has 1 N–H and O–H groups in total. The molecule has 10 heavy (non-hydrogen) atoms. The van der Waals surface area contributed by atoms with E-state index in [4.69, 9.17) is 5.11 Å². The highest BCUT2D eigenvalue weighted by Gasteiger charge is 2.33. The van der Waals surface area contributed by atoms with Gasteiger partial charge in [0, 0.05) is 0 Å². The smallest absolute Gasteiger partial charge is 0.391 e. The van der Waals surface area contributed by atoms with Crippen molar-refractivity contribution in [2.75, 3.05) is 0 Å². The van der Waals surface area contributed by atoms with Gasteiger partial charge in [-0.05, 0) is 6.55 Å². The van der Waals surface area contributed by atoms with Crippen LogP contribution in [0.5, 0.6) is 0 Å². The molecule has 2 atom stereocenters. The summed E-state index contributed by atoms with van der Waals surface area (Å²) >= 11 is 0. The van der Waals surface area contributed by atoms with Crippen LogP contribution in [0.25, 0.3) is 0 Å². The molecule has 0 aliphatic heterocycles. The van der Waals surface area contributed by atoms with Gasteiger partial charge in [-0.15, -0.1) is 0 Å². The SMILES string of the molecule is C[SiH]([O])C(O)CC(F)(F)F. The number of aliphatic hydroxyl groups excluding tert-OH is 1. The van der Waals surface area contributed by atoms with E-state index in [2.05, 4.69) is 0 Å². The first-order valence-electron chi connectivity index (χ1n) is 2.73. The lowest BCUT2D eigenvalue weighted by atomic mass is 10.4. The Bertz CT molecular complexity index is 103. The van der Waals surface area contributed by atoms with Crippen LogP contribution in [0.4, 0.5) is 13.2 Å². The number of aliphatic hydroxyl groups is 1. The maximum absolute atomic E-state index is 11.4. The summed E-state index contributed by atoms with van der Waals surface area (Å²) in [5.41, 5.74) is -1.68. The average molecular weight is 173 g/mol. The van der Waals surface area contributed by atoms with E-state index in [1.165, 1.54) is 0 Å². The number of halogens is 3. The highest BCUT2D eigenvalue weighted by atomic mass is 28.3. The Morgan fingerprint density at radius 3 is 2.10 bits per heavy atom. The third-order valence-electron chi connectivity index (χ3n) is 0.982. The first-order valence-corrected chi connectivity index (χ1v) is 5.03. The van der Waals surface area contributed by atoms with E-state index >= 15 is 0 Å². The molecule has 1 radical (unpaired) electrons. The van der Waals surface area contributed by atoms with E-state index in [-0.39, 0.29) is 0 Å². The summed E-state index contributed by atoms with van der Waals surface area (Å²) in [7, 11) is -2.78. The second-order valence-corrected chi connectivity index (χ2v) is 4.27. The van der Waals surface area contributed by atoms with Gasteiger partial charge in [0.15, 0.2) is 0 Å². The van der Waals surface area contributed by atoms with Crippen LogP contribution in [-0.4, -0.2) is 26.1 Å². The van der Waals surface area contributed by atoms with Gasteiger partial charge in [-0.2, -0.15) is 13.2 Å². The molecule has 2 nitrogen and oxygen atoms in total. The Kier molecular flexibility index (Phi) is 3.33. The van der Waals surface area contributed by atoms with Crippen molar-refractivity contribution < 1.29 is 23.1 Å². The molecule has 0 aromatic rings. The molecule has 0 saturated carbocycles. The Morgan fingerprint density at radius 1 is 1.60 bits per heavy atom. The molecule has 2 unspecified atom stereocenters. The lowest BCUT2D eigenvalue weighted by Crippen LogP contribution is -2.31. The van der Waals surface area contributed by atoms with E-state index in [9.17, 15) is 18.0 Å². The summed E-state index contributed by atoms with van der Waals surface area (Å²) in [5.74, 6) is 0. The van der Waals surface area contributed by atoms with Gasteiger partial charge in [0.25, 0.3) is 0 Å². The zero-order chi connectivity index (χ0) is 8.36. The highest BCUT2D eigenvalue weighted by Crippen LogP contribution is 2.21. The third kappa shape index (κ3) is 4.77. The molecule has 6 heteroatoms. The fourth-order valence-electron chi connectivity index (χ4n) is 0.403. The fourth-order valence-corrected chi connectivity index (χ4v) is 1.00. The minimum atomic E-state index is -4.41. The summed E-state index contributed by atoms with van der Waals surface area (Å²) in [6.07, 6.45) is -5.77. The van der Waals surface area contributed by atoms with E-state index in [1.807, 2.05) is 0 Å². The summed E-state index contributed by atoms with van der Waals surface area (Å²) in [5, 5.41) is 8.49. The maximum Gasteiger partial charge on any atom is 0.391 e. The lowest BCUT2D eigenvalue weighted by Gasteiger charge is -2.12. The number of hydrogen-bond acceptors (Lipinski definition) is 1. The van der Waals surface area contributed by atoms with Crippen LogP contribution in [0.3, 0.4) is 0 Å². The minimum Gasteiger partial charge on any atom is -0.393 e. The second kappa shape index (κ2) is 3.36. The lowest BCUT2D eigenvalue weighted by molar-refractivity contribution is -0.146. The molecule has 61 valence electrons. The predicted molar refractivity (Wildman–Crippen MR) is 30.4 cm³/mol. The molecule has 0 amide bonds. The molecule has 0 aliphatic carbocycles. The predicted octanol–water partition coefficient (Wildman–Crippen LogP) is 0.623. The van der Waals surface area contributed by atoms with Gasteiger partial charge in [0.1, 0.15) is 0 Å². The quantitative estimate of drug-likeness (QED) is 0.611. The van der Waals surface area contributed by atoms with Gasteiger partial charge in [-0.1, -0.05) is 0 Å². The molecule has 0 bridgehead atoms. The first-order chi connectivity index (χ1) is 4.33. The zero-order valence-electron chi connectivity index (χ0n) is 5.35. The number of alkyl halides is 3. The van der Waals surface area contributed by atoms with Crippen LogP contribution < -0.4 is 0 Å². The molecule has 0 spiro atoms. The van der Waals surface area contributed by atoms with Crippen molar-refractivity contribution in [3.8, 4) is 0 Å². The second-order valence-electron chi connectivity index (χ2n) is 2.09. The summed E-state index contributed by atoms with van der Waals surface area (Å²) < 4.78 is 34.2. The van der Waals surface area contributed by atoms with Crippen molar-refractivity contribution in [2.45, 2.75) is 24.9 Å². The normalized spacial score (nSPS) is 18.6. The molecule has 0 rings (SSSR count). The molecule has 0 heterocycles. The molecule has 0 aromatic heterocycles. The van der Waals surface area contributed by atoms with Crippen molar-refractivity contribution in [1.82, 2.24) is 0 Å². The van der Waals surface area contributed by atoms with Crippen molar-refractivity contribution >= 4 is 9.04 Å². The van der Waals surface area contributed by atoms with Gasteiger partial charge < -0.3 is 5.11 Å². The highest BCUT2D eigenvalue weighted by molar-refractivity contribution is 6.49. The van der Waals surface area contributed by atoms with Gasteiger partial charge >= 0.3 is 6.18 Å². The van der Waals surface area contributed by atoms with E-state index in [0.29, 0.717) is 0 Å². The Labute approximate surface area is 58.0 Å².